The van der Waals surface area contributed by atoms with E-state index in [0.717, 1.165) is 28.8 Å². The zero-order chi connectivity index (χ0) is 14.9. The summed E-state index contributed by atoms with van der Waals surface area (Å²) in [6.07, 6.45) is 1.77. The summed E-state index contributed by atoms with van der Waals surface area (Å²) in [7, 11) is 0. The molecule has 0 unspecified atom stereocenters. The highest BCUT2D eigenvalue weighted by atomic mass is 79.9. The average Bonchev–Trinajstić information content (AvgIpc) is 3.01. The molecule has 1 aromatic carbocycles. The molecular weight excluding hydrogens is 346 g/mol. The Morgan fingerprint density at radius 2 is 1.82 bits per heavy atom. The molecule has 1 aliphatic heterocycles. The van der Waals surface area contributed by atoms with Crippen molar-refractivity contribution in [2.24, 2.45) is 0 Å². The second-order valence-electron chi connectivity index (χ2n) is 5.06. The lowest BCUT2D eigenvalue weighted by Crippen LogP contribution is -2.36. The van der Waals surface area contributed by atoms with Crippen LogP contribution in [0.3, 0.4) is 0 Å². The van der Waals surface area contributed by atoms with E-state index in [9.17, 15) is 0 Å². The molecule has 112 valence electrons. The molecule has 1 fully saturated rings. The summed E-state index contributed by atoms with van der Waals surface area (Å²) < 4.78 is 8.23. The Kier molecular flexibility index (Phi) is 3.51. The summed E-state index contributed by atoms with van der Waals surface area (Å²) in [5.41, 5.74) is 2.05. The number of halogens is 1. The minimum atomic E-state index is 0.613. The standard InChI is InChI=1S/C15H14BrN5O/c16-12-3-1-11(2-4-12)13-5-6-17-14-18-15(19-21(13)14)20-7-9-22-10-8-20/h1-6H,7-10H2. The molecular formula is C15H14BrN5O. The van der Waals surface area contributed by atoms with Gasteiger partial charge in [-0.25, -0.2) is 4.98 Å². The van der Waals surface area contributed by atoms with E-state index in [-0.39, 0.29) is 0 Å². The van der Waals surface area contributed by atoms with Crippen LogP contribution in [-0.2, 0) is 4.74 Å². The Hall–Kier alpha value is -1.99. The number of anilines is 1. The maximum atomic E-state index is 5.38. The number of benzene rings is 1. The molecule has 0 atom stereocenters. The topological polar surface area (TPSA) is 55.5 Å². The summed E-state index contributed by atoms with van der Waals surface area (Å²) in [5.74, 6) is 1.32. The molecule has 0 bridgehead atoms. The van der Waals surface area contributed by atoms with Crippen molar-refractivity contribution in [3.8, 4) is 11.3 Å². The van der Waals surface area contributed by atoms with Crippen molar-refractivity contribution in [1.29, 1.82) is 0 Å². The van der Waals surface area contributed by atoms with E-state index in [1.54, 1.807) is 10.7 Å². The highest BCUT2D eigenvalue weighted by molar-refractivity contribution is 9.10. The smallest absolute Gasteiger partial charge is 0.254 e. The molecule has 0 radical (unpaired) electrons. The molecule has 0 amide bonds. The van der Waals surface area contributed by atoms with Gasteiger partial charge in [-0.15, -0.1) is 5.10 Å². The van der Waals surface area contributed by atoms with Crippen molar-refractivity contribution in [2.45, 2.75) is 0 Å². The highest BCUT2D eigenvalue weighted by Gasteiger charge is 2.17. The van der Waals surface area contributed by atoms with Crippen molar-refractivity contribution in [3.63, 3.8) is 0 Å². The van der Waals surface area contributed by atoms with Gasteiger partial charge in [0.15, 0.2) is 0 Å². The van der Waals surface area contributed by atoms with Crippen molar-refractivity contribution < 1.29 is 4.74 Å². The van der Waals surface area contributed by atoms with E-state index >= 15 is 0 Å². The minimum Gasteiger partial charge on any atom is -0.378 e. The normalized spacial score (nSPS) is 15.4. The summed E-state index contributed by atoms with van der Waals surface area (Å²) >= 11 is 3.46. The second kappa shape index (κ2) is 5.66. The fraction of sp³-hybridized carbons (Fsp3) is 0.267. The second-order valence-corrected chi connectivity index (χ2v) is 5.98. The Labute approximate surface area is 135 Å². The predicted molar refractivity (Wildman–Crippen MR) is 87.0 cm³/mol. The van der Waals surface area contributed by atoms with E-state index < -0.39 is 0 Å². The molecule has 0 aliphatic carbocycles. The summed E-state index contributed by atoms with van der Waals surface area (Å²) in [4.78, 5) is 11.0. The fourth-order valence-corrected chi connectivity index (χ4v) is 2.78. The van der Waals surface area contributed by atoms with Crippen LogP contribution < -0.4 is 4.90 Å². The van der Waals surface area contributed by atoms with Gasteiger partial charge in [0, 0.05) is 29.3 Å². The molecule has 2 aromatic heterocycles. The molecule has 1 aliphatic rings. The number of morpholine rings is 1. The summed E-state index contributed by atoms with van der Waals surface area (Å²) in [6, 6.07) is 10.1. The molecule has 22 heavy (non-hydrogen) atoms. The van der Waals surface area contributed by atoms with Crippen LogP contribution in [0.15, 0.2) is 41.0 Å². The third-order valence-electron chi connectivity index (χ3n) is 3.66. The van der Waals surface area contributed by atoms with Gasteiger partial charge in [-0.2, -0.15) is 9.50 Å². The van der Waals surface area contributed by atoms with Gasteiger partial charge in [0.1, 0.15) is 0 Å². The fourth-order valence-electron chi connectivity index (χ4n) is 2.52. The zero-order valence-corrected chi connectivity index (χ0v) is 13.4. The van der Waals surface area contributed by atoms with Crippen LogP contribution in [0.5, 0.6) is 0 Å². The molecule has 4 rings (SSSR count). The quantitative estimate of drug-likeness (QED) is 0.703. The van der Waals surface area contributed by atoms with Crippen molar-refractivity contribution in [2.75, 3.05) is 31.2 Å². The lowest BCUT2D eigenvalue weighted by molar-refractivity contribution is 0.122. The van der Waals surface area contributed by atoms with Gasteiger partial charge >= 0.3 is 0 Å². The molecule has 3 heterocycles. The van der Waals surface area contributed by atoms with Crippen LogP contribution in [0, 0.1) is 0 Å². The van der Waals surface area contributed by atoms with E-state index in [1.807, 2.05) is 18.2 Å². The largest absolute Gasteiger partial charge is 0.378 e. The Balaban J connectivity index is 1.79. The molecule has 0 spiro atoms. The van der Waals surface area contributed by atoms with Gasteiger partial charge in [-0.1, -0.05) is 28.1 Å². The van der Waals surface area contributed by atoms with Gasteiger partial charge in [0.2, 0.25) is 5.95 Å². The third kappa shape index (κ3) is 2.46. The zero-order valence-electron chi connectivity index (χ0n) is 11.8. The number of hydrogen-bond acceptors (Lipinski definition) is 5. The highest BCUT2D eigenvalue weighted by Crippen LogP contribution is 2.22. The van der Waals surface area contributed by atoms with Crippen molar-refractivity contribution in [1.82, 2.24) is 19.6 Å². The summed E-state index contributed by atoms with van der Waals surface area (Å²) in [6.45, 7) is 3.04. The number of rotatable bonds is 2. The third-order valence-corrected chi connectivity index (χ3v) is 4.19. The Bertz CT molecular complexity index is 795. The average molecular weight is 360 g/mol. The summed E-state index contributed by atoms with van der Waals surface area (Å²) in [5, 5.41) is 4.64. The Morgan fingerprint density at radius 1 is 1.05 bits per heavy atom. The molecule has 6 nitrogen and oxygen atoms in total. The minimum absolute atomic E-state index is 0.613. The van der Waals surface area contributed by atoms with Crippen LogP contribution in [0.2, 0.25) is 0 Å². The number of hydrogen-bond donors (Lipinski definition) is 0. The molecule has 0 N–H and O–H groups in total. The Morgan fingerprint density at radius 3 is 2.59 bits per heavy atom. The van der Waals surface area contributed by atoms with Crippen LogP contribution >= 0.6 is 15.9 Å². The first-order chi connectivity index (χ1) is 10.8. The van der Waals surface area contributed by atoms with Crippen LogP contribution in [0.1, 0.15) is 0 Å². The van der Waals surface area contributed by atoms with E-state index in [2.05, 4.69) is 48.0 Å². The molecule has 1 saturated heterocycles. The maximum absolute atomic E-state index is 5.38. The maximum Gasteiger partial charge on any atom is 0.254 e. The number of ether oxygens (including phenoxy) is 1. The first-order valence-corrected chi connectivity index (χ1v) is 7.91. The van der Waals surface area contributed by atoms with Crippen molar-refractivity contribution >= 4 is 27.7 Å². The van der Waals surface area contributed by atoms with Gasteiger partial charge in [0.05, 0.1) is 18.9 Å². The van der Waals surface area contributed by atoms with Gasteiger partial charge in [0.25, 0.3) is 5.78 Å². The first-order valence-electron chi connectivity index (χ1n) is 7.12. The molecule has 3 aromatic rings. The van der Waals surface area contributed by atoms with Crippen molar-refractivity contribution in [3.05, 3.63) is 41.0 Å². The first kappa shape index (κ1) is 13.7. The van der Waals surface area contributed by atoms with Crippen LogP contribution in [0.4, 0.5) is 5.95 Å². The van der Waals surface area contributed by atoms with Gasteiger partial charge in [-0.05, 0) is 18.2 Å². The number of nitrogens with zero attached hydrogens (tertiary/aromatic N) is 5. The van der Waals surface area contributed by atoms with E-state index in [1.165, 1.54) is 0 Å². The van der Waals surface area contributed by atoms with Crippen LogP contribution in [0.25, 0.3) is 17.0 Å². The molecule has 7 heteroatoms. The van der Waals surface area contributed by atoms with E-state index in [4.69, 9.17) is 4.74 Å². The van der Waals surface area contributed by atoms with Gasteiger partial charge in [-0.3, -0.25) is 0 Å². The number of aromatic nitrogens is 4. The molecule has 0 saturated carbocycles. The SMILES string of the molecule is Brc1ccc(-c2ccnc3nc(N4CCOCC4)nn23)cc1. The number of fused-ring (bicyclic) bond motifs is 1. The predicted octanol–water partition coefficient (Wildman–Crippen LogP) is 2.39. The lowest BCUT2D eigenvalue weighted by atomic mass is 10.1. The van der Waals surface area contributed by atoms with Crippen LogP contribution in [-0.4, -0.2) is 45.9 Å². The van der Waals surface area contributed by atoms with Gasteiger partial charge < -0.3 is 9.64 Å². The monoisotopic (exact) mass is 359 g/mol. The van der Waals surface area contributed by atoms with E-state index in [0.29, 0.717) is 24.9 Å². The lowest BCUT2D eigenvalue weighted by Gasteiger charge is -2.25.